The molecule has 1 heterocycles. The Bertz CT molecular complexity index is 1370. The molecule has 1 fully saturated rings. The van der Waals surface area contributed by atoms with Gasteiger partial charge in [-0.25, -0.2) is 13.1 Å². The van der Waals surface area contributed by atoms with E-state index in [1.807, 2.05) is 6.07 Å². The number of ether oxygens (including phenoxy) is 1. The van der Waals surface area contributed by atoms with E-state index in [-0.39, 0.29) is 29.0 Å². The first kappa shape index (κ1) is 25.2. The molecule has 0 radical (unpaired) electrons. The Morgan fingerprint density at radius 2 is 1.77 bits per heavy atom. The minimum absolute atomic E-state index is 0.114. The van der Waals surface area contributed by atoms with Crippen molar-refractivity contribution in [1.29, 1.82) is 0 Å². The molecule has 0 unspecified atom stereocenters. The summed E-state index contributed by atoms with van der Waals surface area (Å²) in [6.07, 6.45) is -1.27. The first-order valence-electron chi connectivity index (χ1n) is 10.7. The summed E-state index contributed by atoms with van der Waals surface area (Å²) >= 11 is 12.2. The van der Waals surface area contributed by atoms with Crippen molar-refractivity contribution in [3.8, 4) is 0 Å². The molecule has 1 saturated heterocycles. The summed E-state index contributed by atoms with van der Waals surface area (Å²) in [7, 11) is -4.25. The van der Waals surface area contributed by atoms with E-state index in [1.54, 1.807) is 61.5 Å². The summed E-state index contributed by atoms with van der Waals surface area (Å²) < 4.78 is 33.8. The topological polar surface area (TPSA) is 92.8 Å². The van der Waals surface area contributed by atoms with Crippen molar-refractivity contribution >= 4 is 45.0 Å². The van der Waals surface area contributed by atoms with Crippen LogP contribution in [-0.4, -0.2) is 37.8 Å². The zero-order valence-electron chi connectivity index (χ0n) is 18.6. The van der Waals surface area contributed by atoms with E-state index in [2.05, 4.69) is 4.72 Å². The maximum atomic E-state index is 13.3. The largest absolute Gasteiger partial charge is 0.356 e. The lowest BCUT2D eigenvalue weighted by Gasteiger charge is -2.40. The average Bonchev–Trinajstić information content (AvgIpc) is 2.82. The van der Waals surface area contributed by atoms with Gasteiger partial charge in [0.2, 0.25) is 5.91 Å². The minimum Gasteiger partial charge on any atom is -0.356 e. The fraction of sp³-hybridized carbons (Fsp3) is 0.200. The average molecular weight is 533 g/mol. The molecule has 7 nitrogen and oxygen atoms in total. The normalized spacial score (nSPS) is 18.4. The Morgan fingerprint density at radius 1 is 1.06 bits per heavy atom. The van der Waals surface area contributed by atoms with Gasteiger partial charge >= 0.3 is 0 Å². The highest BCUT2D eigenvalue weighted by Gasteiger charge is 2.43. The summed E-state index contributed by atoms with van der Waals surface area (Å²) in [5.74, 6) is -1.22. The molecule has 0 spiro atoms. The smallest absolute Gasteiger partial charge is 0.265 e. The number of nitrogens with zero attached hydrogens (tertiary/aromatic N) is 1. The second-order valence-electron chi connectivity index (χ2n) is 8.07. The van der Waals surface area contributed by atoms with Crippen LogP contribution >= 0.6 is 23.2 Å². The van der Waals surface area contributed by atoms with Crippen LogP contribution in [0, 0.1) is 6.92 Å². The second kappa shape index (κ2) is 10.4. The molecule has 1 N–H and O–H groups in total. The van der Waals surface area contributed by atoms with Gasteiger partial charge in [0.25, 0.3) is 15.9 Å². The number of carbonyl (C=O) groups is 2. The van der Waals surface area contributed by atoms with Gasteiger partial charge in [0.15, 0.2) is 6.10 Å². The lowest BCUT2D eigenvalue weighted by atomic mass is 9.96. The highest BCUT2D eigenvalue weighted by molar-refractivity contribution is 7.90. The molecule has 0 aromatic heterocycles. The fourth-order valence-electron chi connectivity index (χ4n) is 4.02. The summed E-state index contributed by atoms with van der Waals surface area (Å²) in [4.78, 5) is 27.6. The lowest BCUT2D eigenvalue weighted by Crippen LogP contribution is -2.54. The molecule has 0 saturated carbocycles. The SMILES string of the molecule is Cc1c(Cl)cccc1S(=O)(=O)NC(=O)[C@@H]1OCC(=O)N(Cc2cccc(Cl)c2)[C@@H]1c1ccccc1. The van der Waals surface area contributed by atoms with Crippen LogP contribution in [0.2, 0.25) is 10.0 Å². The van der Waals surface area contributed by atoms with E-state index in [0.29, 0.717) is 16.1 Å². The number of carbonyl (C=O) groups excluding carboxylic acids is 2. The Morgan fingerprint density at radius 3 is 2.49 bits per heavy atom. The zero-order valence-corrected chi connectivity index (χ0v) is 21.0. The lowest BCUT2D eigenvalue weighted by molar-refractivity contribution is -0.164. The van der Waals surface area contributed by atoms with E-state index in [1.165, 1.54) is 17.0 Å². The number of rotatable bonds is 6. The highest BCUT2D eigenvalue weighted by atomic mass is 35.5. The number of amides is 2. The molecule has 3 aromatic rings. The maximum Gasteiger partial charge on any atom is 0.265 e. The maximum absolute atomic E-state index is 13.3. The van der Waals surface area contributed by atoms with Gasteiger partial charge in [-0.3, -0.25) is 9.59 Å². The number of sulfonamides is 1. The highest BCUT2D eigenvalue weighted by Crippen LogP contribution is 2.33. The molecule has 1 aliphatic rings. The van der Waals surface area contributed by atoms with Crippen LogP contribution in [0.5, 0.6) is 0 Å². The van der Waals surface area contributed by atoms with Crippen molar-refractivity contribution < 1.29 is 22.7 Å². The van der Waals surface area contributed by atoms with Crippen LogP contribution in [0.15, 0.2) is 77.7 Å². The van der Waals surface area contributed by atoms with E-state index in [4.69, 9.17) is 27.9 Å². The Balaban J connectivity index is 1.69. The molecule has 0 aliphatic carbocycles. The van der Waals surface area contributed by atoms with Crippen molar-refractivity contribution in [2.45, 2.75) is 30.5 Å². The van der Waals surface area contributed by atoms with E-state index in [9.17, 15) is 18.0 Å². The van der Waals surface area contributed by atoms with Crippen molar-refractivity contribution in [1.82, 2.24) is 9.62 Å². The molecule has 2 amide bonds. The van der Waals surface area contributed by atoms with Crippen molar-refractivity contribution in [3.05, 3.63) is 99.5 Å². The summed E-state index contributed by atoms with van der Waals surface area (Å²) in [5, 5.41) is 0.770. The van der Waals surface area contributed by atoms with Crippen LogP contribution in [0.4, 0.5) is 0 Å². The van der Waals surface area contributed by atoms with Crippen molar-refractivity contribution in [2.24, 2.45) is 0 Å². The first-order chi connectivity index (χ1) is 16.7. The Hall–Kier alpha value is -2.91. The van der Waals surface area contributed by atoms with Crippen LogP contribution in [-0.2, 0) is 30.9 Å². The number of halogens is 2. The van der Waals surface area contributed by atoms with Crippen LogP contribution < -0.4 is 4.72 Å². The van der Waals surface area contributed by atoms with Gasteiger partial charge in [-0.05, 0) is 47.9 Å². The van der Waals surface area contributed by atoms with Gasteiger partial charge in [0.05, 0.1) is 10.9 Å². The number of nitrogens with one attached hydrogen (secondary N) is 1. The van der Waals surface area contributed by atoms with Crippen molar-refractivity contribution in [3.63, 3.8) is 0 Å². The molecule has 4 rings (SSSR count). The summed E-state index contributed by atoms with van der Waals surface area (Å²) in [5.41, 5.74) is 1.70. The standard InChI is InChI=1S/C25H22Cl2N2O5S/c1-16-20(27)11-6-12-21(16)35(32,33)28-25(31)24-23(18-8-3-2-4-9-18)29(22(30)15-34-24)14-17-7-5-10-19(26)13-17/h2-13,23-24H,14-15H2,1H3,(H,28,31)/t23-,24-/m1/s1. The van der Waals surface area contributed by atoms with Gasteiger partial charge < -0.3 is 9.64 Å². The number of hydrogen-bond acceptors (Lipinski definition) is 5. The third-order valence-corrected chi connectivity index (χ3v) is 7.85. The van der Waals surface area contributed by atoms with Gasteiger partial charge in [-0.2, -0.15) is 0 Å². The molecule has 1 aliphatic heterocycles. The molecular weight excluding hydrogens is 511 g/mol. The van der Waals surface area contributed by atoms with Crippen LogP contribution in [0.25, 0.3) is 0 Å². The van der Waals surface area contributed by atoms with Gasteiger partial charge in [-0.1, -0.05) is 71.7 Å². The van der Waals surface area contributed by atoms with Gasteiger partial charge in [0.1, 0.15) is 6.61 Å². The molecule has 10 heteroatoms. The monoisotopic (exact) mass is 532 g/mol. The number of hydrogen-bond donors (Lipinski definition) is 1. The molecule has 3 aromatic carbocycles. The summed E-state index contributed by atoms with van der Waals surface area (Å²) in [6.45, 7) is 1.33. The van der Waals surface area contributed by atoms with Gasteiger partial charge in [-0.15, -0.1) is 0 Å². The third kappa shape index (κ3) is 5.51. The predicted octanol–water partition coefficient (Wildman–Crippen LogP) is 4.28. The van der Waals surface area contributed by atoms with Crippen LogP contribution in [0.1, 0.15) is 22.7 Å². The Kier molecular flexibility index (Phi) is 7.47. The third-order valence-electron chi connectivity index (χ3n) is 5.71. The fourth-order valence-corrected chi connectivity index (χ4v) is 5.73. The predicted molar refractivity (Wildman–Crippen MR) is 132 cm³/mol. The first-order valence-corrected chi connectivity index (χ1v) is 12.9. The number of morpholine rings is 1. The second-order valence-corrected chi connectivity index (χ2v) is 10.6. The quantitative estimate of drug-likeness (QED) is 0.511. The molecule has 182 valence electrons. The van der Waals surface area contributed by atoms with E-state index >= 15 is 0 Å². The Labute approximate surface area is 213 Å². The van der Waals surface area contributed by atoms with Gasteiger partial charge in [0, 0.05) is 16.6 Å². The molecule has 2 atom stereocenters. The van der Waals surface area contributed by atoms with Crippen LogP contribution in [0.3, 0.4) is 0 Å². The van der Waals surface area contributed by atoms with E-state index < -0.39 is 28.1 Å². The zero-order chi connectivity index (χ0) is 25.2. The van der Waals surface area contributed by atoms with Crippen molar-refractivity contribution in [2.75, 3.05) is 6.61 Å². The summed E-state index contributed by atoms with van der Waals surface area (Å²) in [6, 6.07) is 19.4. The molecule has 0 bridgehead atoms. The van der Waals surface area contributed by atoms with E-state index in [0.717, 1.165) is 5.56 Å². The number of benzene rings is 3. The molecule has 35 heavy (non-hydrogen) atoms. The minimum atomic E-state index is -4.25. The molecular formula is C25H22Cl2N2O5S.